The summed E-state index contributed by atoms with van der Waals surface area (Å²) in [5.74, 6) is 0.442. The third-order valence-corrected chi connectivity index (χ3v) is 4.13. The molecule has 0 spiro atoms. The van der Waals surface area contributed by atoms with Crippen molar-refractivity contribution >= 4 is 11.6 Å². The lowest BCUT2D eigenvalue weighted by atomic mass is 10.0. The fraction of sp³-hybridized carbons (Fsp3) is 0.286. The number of ether oxygens (including phenoxy) is 2. The Labute approximate surface area is 157 Å². The largest absolute Gasteiger partial charge is 0.482 e. The van der Waals surface area contributed by atoms with E-state index in [1.165, 1.54) is 10.5 Å². The van der Waals surface area contributed by atoms with E-state index in [2.05, 4.69) is 18.8 Å². The minimum Gasteiger partial charge on any atom is -0.482 e. The van der Waals surface area contributed by atoms with Crippen LogP contribution in [0.3, 0.4) is 0 Å². The normalized spacial score (nSPS) is 11.0. The molecular weight excluding hydrogens is 344 g/mol. The lowest BCUT2D eigenvalue weighted by Crippen LogP contribution is -2.19. The Hall–Kier alpha value is -3.15. The van der Waals surface area contributed by atoms with Crippen molar-refractivity contribution in [3.05, 3.63) is 75.8 Å². The van der Waals surface area contributed by atoms with Crippen LogP contribution in [-0.2, 0) is 16.1 Å². The van der Waals surface area contributed by atoms with Crippen molar-refractivity contribution in [2.75, 3.05) is 6.61 Å². The molecule has 2 heterocycles. The van der Waals surface area contributed by atoms with Crippen LogP contribution in [0.4, 0.5) is 0 Å². The van der Waals surface area contributed by atoms with E-state index in [1.807, 2.05) is 37.3 Å². The molecule has 0 fully saturated rings. The molecule has 0 saturated carbocycles. The number of rotatable bonds is 6. The summed E-state index contributed by atoms with van der Waals surface area (Å²) in [5, 5.41) is 0. The van der Waals surface area contributed by atoms with Crippen molar-refractivity contribution in [3.63, 3.8) is 0 Å². The third-order valence-electron chi connectivity index (χ3n) is 4.13. The molecule has 27 heavy (non-hydrogen) atoms. The summed E-state index contributed by atoms with van der Waals surface area (Å²) in [7, 11) is 0. The topological polar surface area (TPSA) is 69.9 Å². The molecule has 0 saturated heterocycles. The summed E-state index contributed by atoms with van der Waals surface area (Å²) in [6.07, 6.45) is 1.72. The number of aryl methyl sites for hydroxylation is 1. The van der Waals surface area contributed by atoms with Crippen LogP contribution in [0.2, 0.25) is 0 Å². The molecular formula is C21H22N2O4. The van der Waals surface area contributed by atoms with Gasteiger partial charge in [0, 0.05) is 12.3 Å². The second kappa shape index (κ2) is 8.03. The maximum atomic E-state index is 12.2. The number of hydrogen-bond donors (Lipinski definition) is 0. The summed E-state index contributed by atoms with van der Waals surface area (Å²) >= 11 is 0. The van der Waals surface area contributed by atoms with Crippen molar-refractivity contribution in [1.82, 2.24) is 9.38 Å². The Morgan fingerprint density at radius 1 is 1.19 bits per heavy atom. The Kier molecular flexibility index (Phi) is 5.54. The second-order valence-electron chi connectivity index (χ2n) is 6.66. The predicted octanol–water partition coefficient (Wildman–Crippen LogP) is 3.25. The van der Waals surface area contributed by atoms with Gasteiger partial charge >= 0.3 is 5.97 Å². The van der Waals surface area contributed by atoms with E-state index in [0.717, 1.165) is 11.1 Å². The number of hydrogen-bond acceptors (Lipinski definition) is 5. The highest BCUT2D eigenvalue weighted by atomic mass is 16.6. The summed E-state index contributed by atoms with van der Waals surface area (Å²) < 4.78 is 12.3. The Bertz CT molecular complexity index is 1020. The molecule has 0 aliphatic rings. The second-order valence-corrected chi connectivity index (χ2v) is 6.66. The molecule has 0 aliphatic heterocycles. The summed E-state index contributed by atoms with van der Waals surface area (Å²) in [6.45, 7) is 5.75. The van der Waals surface area contributed by atoms with E-state index in [9.17, 15) is 9.59 Å². The molecule has 3 aromatic rings. The van der Waals surface area contributed by atoms with Gasteiger partial charge in [0.2, 0.25) is 0 Å². The Balaban J connectivity index is 1.62. The Morgan fingerprint density at radius 3 is 2.74 bits per heavy atom. The average Bonchev–Trinajstić information content (AvgIpc) is 2.65. The first kappa shape index (κ1) is 18.6. The molecule has 0 unspecified atom stereocenters. The Morgan fingerprint density at radius 2 is 1.96 bits per heavy atom. The maximum Gasteiger partial charge on any atom is 0.344 e. The molecule has 0 aliphatic carbocycles. The smallest absolute Gasteiger partial charge is 0.344 e. The van der Waals surface area contributed by atoms with E-state index in [1.54, 1.807) is 12.3 Å². The van der Waals surface area contributed by atoms with Gasteiger partial charge in [-0.2, -0.15) is 0 Å². The highest BCUT2D eigenvalue weighted by molar-refractivity contribution is 5.71. The minimum atomic E-state index is -0.514. The summed E-state index contributed by atoms with van der Waals surface area (Å²) in [6, 6.07) is 12.6. The maximum absolute atomic E-state index is 12.2. The number of carbonyl (C=O) groups excluding carboxylic acids is 1. The fourth-order valence-corrected chi connectivity index (χ4v) is 2.75. The van der Waals surface area contributed by atoms with Crippen LogP contribution in [0, 0.1) is 6.92 Å². The van der Waals surface area contributed by atoms with Crippen LogP contribution in [0.1, 0.15) is 36.6 Å². The molecule has 0 bridgehead atoms. The van der Waals surface area contributed by atoms with Gasteiger partial charge in [0.1, 0.15) is 18.0 Å². The van der Waals surface area contributed by atoms with Gasteiger partial charge in [0.25, 0.3) is 5.56 Å². The summed E-state index contributed by atoms with van der Waals surface area (Å²) in [5.41, 5.74) is 2.70. The first-order chi connectivity index (χ1) is 12.9. The lowest BCUT2D eigenvalue weighted by molar-refractivity contribution is -0.147. The highest BCUT2D eigenvalue weighted by Crippen LogP contribution is 2.25. The monoisotopic (exact) mass is 366 g/mol. The van der Waals surface area contributed by atoms with Gasteiger partial charge in [-0.05, 0) is 36.1 Å². The number of nitrogens with zero attached hydrogens (tertiary/aromatic N) is 2. The van der Waals surface area contributed by atoms with Gasteiger partial charge in [-0.25, -0.2) is 9.78 Å². The van der Waals surface area contributed by atoms with Gasteiger partial charge in [-0.1, -0.05) is 38.1 Å². The fourth-order valence-electron chi connectivity index (χ4n) is 2.75. The first-order valence-electron chi connectivity index (χ1n) is 8.80. The van der Waals surface area contributed by atoms with Gasteiger partial charge in [-0.3, -0.25) is 9.20 Å². The van der Waals surface area contributed by atoms with Crippen molar-refractivity contribution < 1.29 is 14.3 Å². The van der Waals surface area contributed by atoms with Gasteiger partial charge in [0.15, 0.2) is 6.61 Å². The zero-order valence-electron chi connectivity index (χ0n) is 15.6. The quantitative estimate of drug-likeness (QED) is 0.627. The molecule has 0 N–H and O–H groups in total. The number of para-hydroxylation sites is 1. The molecule has 0 radical (unpaired) electrons. The molecule has 3 rings (SSSR count). The van der Waals surface area contributed by atoms with Crippen LogP contribution >= 0.6 is 0 Å². The van der Waals surface area contributed by atoms with Crippen LogP contribution < -0.4 is 10.3 Å². The molecule has 0 atom stereocenters. The number of benzene rings is 1. The van der Waals surface area contributed by atoms with E-state index in [0.29, 0.717) is 17.1 Å². The molecule has 6 nitrogen and oxygen atoms in total. The van der Waals surface area contributed by atoms with Crippen LogP contribution in [0.5, 0.6) is 5.75 Å². The van der Waals surface area contributed by atoms with Gasteiger partial charge in [-0.15, -0.1) is 0 Å². The number of fused-ring (bicyclic) bond motifs is 1. The highest BCUT2D eigenvalue weighted by Gasteiger charge is 2.11. The van der Waals surface area contributed by atoms with Gasteiger partial charge < -0.3 is 9.47 Å². The van der Waals surface area contributed by atoms with E-state index < -0.39 is 5.97 Å². The molecule has 2 aromatic heterocycles. The van der Waals surface area contributed by atoms with Gasteiger partial charge in [0.05, 0.1) is 5.69 Å². The van der Waals surface area contributed by atoms with E-state index >= 15 is 0 Å². The molecule has 6 heteroatoms. The van der Waals surface area contributed by atoms with Crippen molar-refractivity contribution in [1.29, 1.82) is 0 Å². The molecule has 0 amide bonds. The third kappa shape index (κ3) is 4.53. The average molecular weight is 366 g/mol. The van der Waals surface area contributed by atoms with Crippen LogP contribution in [-0.4, -0.2) is 22.0 Å². The zero-order valence-corrected chi connectivity index (χ0v) is 15.6. The van der Waals surface area contributed by atoms with Crippen molar-refractivity contribution in [2.24, 2.45) is 0 Å². The van der Waals surface area contributed by atoms with Crippen molar-refractivity contribution in [2.45, 2.75) is 33.3 Å². The number of aromatic nitrogens is 2. The van der Waals surface area contributed by atoms with E-state index in [4.69, 9.17) is 9.47 Å². The van der Waals surface area contributed by atoms with E-state index in [-0.39, 0.29) is 24.7 Å². The summed E-state index contributed by atoms with van der Waals surface area (Å²) in [4.78, 5) is 28.5. The predicted molar refractivity (Wildman–Crippen MR) is 102 cm³/mol. The van der Waals surface area contributed by atoms with Crippen LogP contribution in [0.25, 0.3) is 5.65 Å². The van der Waals surface area contributed by atoms with Crippen molar-refractivity contribution in [3.8, 4) is 5.75 Å². The SMILES string of the molecule is Cc1ccc2nc(COC(=O)COc3ccccc3C(C)C)cc(=O)n2c1. The molecule has 140 valence electrons. The zero-order chi connectivity index (χ0) is 19.4. The molecule has 1 aromatic carbocycles. The minimum absolute atomic E-state index is 0.0758. The lowest BCUT2D eigenvalue weighted by Gasteiger charge is -2.13. The number of esters is 1. The number of carbonyl (C=O) groups is 1. The number of pyridine rings is 1. The standard InChI is InChI=1S/C21H22N2O4/c1-14(2)17-6-4-5-7-18(17)26-13-21(25)27-12-16-10-20(24)23-11-15(3)8-9-19(23)22-16/h4-11,14H,12-13H2,1-3H3. The first-order valence-corrected chi connectivity index (χ1v) is 8.80. The van der Waals surface area contributed by atoms with Crippen LogP contribution in [0.15, 0.2) is 53.5 Å².